The Labute approximate surface area is 185 Å². The number of carbonyl (C=O) groups is 1. The molecule has 2 aromatic heterocycles. The topological polar surface area (TPSA) is 126 Å². The highest BCUT2D eigenvalue weighted by molar-refractivity contribution is 5.93. The lowest BCUT2D eigenvalue weighted by Crippen LogP contribution is -2.23. The normalized spacial score (nSPS) is 12.2. The maximum Gasteiger partial charge on any atom is 0.258 e. The van der Waals surface area contributed by atoms with E-state index in [0.29, 0.717) is 28.5 Å². The van der Waals surface area contributed by atoms with Gasteiger partial charge in [0.1, 0.15) is 11.3 Å². The molecule has 0 radical (unpaired) electrons. The van der Waals surface area contributed by atoms with Crippen LogP contribution in [0.4, 0.5) is 0 Å². The second-order valence-corrected chi connectivity index (χ2v) is 7.40. The van der Waals surface area contributed by atoms with Crippen molar-refractivity contribution in [3.63, 3.8) is 0 Å². The summed E-state index contributed by atoms with van der Waals surface area (Å²) in [5.74, 6) is 0.561. The van der Waals surface area contributed by atoms with E-state index >= 15 is 0 Å². The molecule has 3 aromatic rings. The molecule has 0 fully saturated rings. The molecule has 0 bridgehead atoms. The minimum absolute atomic E-state index is 0.130. The van der Waals surface area contributed by atoms with E-state index < -0.39 is 5.60 Å². The number of hydrogen-bond acceptors (Lipinski definition) is 8. The molecule has 164 valence electrons. The van der Waals surface area contributed by atoms with Crippen molar-refractivity contribution in [3.8, 4) is 11.4 Å². The van der Waals surface area contributed by atoms with E-state index in [9.17, 15) is 9.90 Å². The van der Waals surface area contributed by atoms with E-state index in [1.165, 1.54) is 12.4 Å². The first-order valence-electron chi connectivity index (χ1n) is 9.88. The number of aromatic nitrogens is 4. The van der Waals surface area contributed by atoms with Crippen LogP contribution in [0.15, 0.2) is 64.4 Å². The summed E-state index contributed by atoms with van der Waals surface area (Å²) in [6, 6.07) is 7.36. The number of carbonyl (C=O) groups excluding carboxylic acids is 1. The summed E-state index contributed by atoms with van der Waals surface area (Å²) in [7, 11) is 0. The molecule has 1 aromatic carbocycles. The van der Waals surface area contributed by atoms with Gasteiger partial charge < -0.3 is 14.9 Å². The van der Waals surface area contributed by atoms with E-state index in [2.05, 4.69) is 37.1 Å². The lowest BCUT2D eigenvalue weighted by atomic mass is 10.1. The van der Waals surface area contributed by atoms with Crippen molar-refractivity contribution in [2.45, 2.75) is 32.9 Å². The third kappa shape index (κ3) is 5.58. The predicted molar refractivity (Wildman–Crippen MR) is 121 cm³/mol. The fourth-order valence-corrected chi connectivity index (χ4v) is 2.66. The van der Waals surface area contributed by atoms with E-state index in [1.807, 2.05) is 43.3 Å². The van der Waals surface area contributed by atoms with Crippen molar-refractivity contribution in [2.75, 3.05) is 0 Å². The van der Waals surface area contributed by atoms with Crippen molar-refractivity contribution < 1.29 is 14.4 Å². The number of benzene rings is 1. The molecule has 0 aliphatic rings. The number of aliphatic hydroxyl groups is 1. The summed E-state index contributed by atoms with van der Waals surface area (Å²) in [5.41, 5.74) is 1.17. The first-order valence-corrected chi connectivity index (χ1v) is 9.88. The van der Waals surface area contributed by atoms with Crippen LogP contribution in [0.2, 0.25) is 0 Å². The number of amides is 1. The SMILES string of the molecule is C=N/C(=C\C=C/C)c1ncc(C(=O)NCc2cccc(-c3noc(C(C)(C)O)n3)c2)cn1. The van der Waals surface area contributed by atoms with Crippen LogP contribution in [-0.2, 0) is 12.1 Å². The average Bonchev–Trinajstić information content (AvgIpc) is 3.30. The second-order valence-electron chi connectivity index (χ2n) is 7.40. The molecule has 2 N–H and O–H groups in total. The van der Waals surface area contributed by atoms with Gasteiger partial charge in [0.25, 0.3) is 11.8 Å². The van der Waals surface area contributed by atoms with Gasteiger partial charge in [0.2, 0.25) is 5.82 Å². The second kappa shape index (κ2) is 9.88. The van der Waals surface area contributed by atoms with Crippen molar-refractivity contribution in [2.24, 2.45) is 4.99 Å². The zero-order chi connectivity index (χ0) is 23.1. The van der Waals surface area contributed by atoms with Crippen LogP contribution in [0.3, 0.4) is 0 Å². The molecule has 0 aliphatic carbocycles. The predicted octanol–water partition coefficient (Wildman–Crippen LogP) is 3.30. The Morgan fingerprint density at radius 2 is 2.06 bits per heavy atom. The standard InChI is InChI=1S/C23H24N6O3/c1-5-6-10-18(24-4)20-25-13-17(14-26-20)21(30)27-12-15-8-7-9-16(11-15)19-28-22(32-29-19)23(2,3)31/h5-11,13-14,31H,4,12H2,1-3H3,(H,27,30)/b6-5-,18-10-. The molecule has 9 heteroatoms. The van der Waals surface area contributed by atoms with Crippen LogP contribution in [-0.4, -0.2) is 37.8 Å². The maximum absolute atomic E-state index is 12.5. The molecule has 0 spiro atoms. The highest BCUT2D eigenvalue weighted by Gasteiger charge is 2.24. The van der Waals surface area contributed by atoms with Crippen LogP contribution in [0.25, 0.3) is 17.1 Å². The third-order valence-corrected chi connectivity index (χ3v) is 4.35. The van der Waals surface area contributed by atoms with Gasteiger partial charge in [-0.25, -0.2) is 9.97 Å². The highest BCUT2D eigenvalue weighted by atomic mass is 16.5. The zero-order valence-electron chi connectivity index (χ0n) is 18.1. The Hall–Kier alpha value is -3.98. The van der Waals surface area contributed by atoms with Crippen molar-refractivity contribution in [1.29, 1.82) is 0 Å². The van der Waals surface area contributed by atoms with Crippen LogP contribution in [0, 0.1) is 0 Å². The van der Waals surface area contributed by atoms with Gasteiger partial charge in [0, 0.05) is 24.5 Å². The summed E-state index contributed by atoms with van der Waals surface area (Å²) >= 11 is 0. The monoisotopic (exact) mass is 432 g/mol. The first-order chi connectivity index (χ1) is 15.3. The van der Waals surface area contributed by atoms with Gasteiger partial charge in [-0.3, -0.25) is 9.79 Å². The molecule has 1 amide bonds. The molecule has 0 atom stereocenters. The number of hydrogen-bond donors (Lipinski definition) is 2. The molecule has 9 nitrogen and oxygen atoms in total. The Bertz CT molecular complexity index is 1160. The largest absolute Gasteiger partial charge is 0.381 e. The third-order valence-electron chi connectivity index (χ3n) is 4.35. The van der Waals surface area contributed by atoms with Gasteiger partial charge in [0.05, 0.1) is 5.56 Å². The van der Waals surface area contributed by atoms with Gasteiger partial charge in [0.15, 0.2) is 5.82 Å². The van der Waals surface area contributed by atoms with Crippen molar-refractivity contribution in [1.82, 2.24) is 25.4 Å². The van der Waals surface area contributed by atoms with Crippen LogP contribution in [0.1, 0.15) is 48.4 Å². The van der Waals surface area contributed by atoms with Crippen LogP contribution in [0.5, 0.6) is 0 Å². The summed E-state index contributed by atoms with van der Waals surface area (Å²) in [6.45, 7) is 8.82. The van der Waals surface area contributed by atoms with Gasteiger partial charge in [-0.05, 0) is 45.2 Å². The molecule has 32 heavy (non-hydrogen) atoms. The molecule has 0 saturated heterocycles. The van der Waals surface area contributed by atoms with Gasteiger partial charge in [-0.1, -0.05) is 35.5 Å². The average molecular weight is 432 g/mol. The van der Waals surface area contributed by atoms with Gasteiger partial charge >= 0.3 is 0 Å². The van der Waals surface area contributed by atoms with E-state index in [0.717, 1.165) is 5.56 Å². The summed E-state index contributed by atoms with van der Waals surface area (Å²) in [6.07, 6.45) is 8.29. The first kappa shape index (κ1) is 22.7. The van der Waals surface area contributed by atoms with Crippen LogP contribution < -0.4 is 5.32 Å². The minimum Gasteiger partial charge on any atom is -0.381 e. The Balaban J connectivity index is 1.67. The number of allylic oxidation sites excluding steroid dienone is 3. The smallest absolute Gasteiger partial charge is 0.258 e. The zero-order valence-corrected chi connectivity index (χ0v) is 18.1. The summed E-state index contributed by atoms with van der Waals surface area (Å²) in [5, 5.41) is 16.7. The maximum atomic E-state index is 12.5. The lowest BCUT2D eigenvalue weighted by molar-refractivity contribution is 0.0420. The van der Waals surface area contributed by atoms with Crippen LogP contribution >= 0.6 is 0 Å². The number of nitrogens with one attached hydrogen (secondary N) is 1. The molecule has 2 heterocycles. The summed E-state index contributed by atoms with van der Waals surface area (Å²) in [4.78, 5) is 29.0. The van der Waals surface area contributed by atoms with Crippen molar-refractivity contribution >= 4 is 18.3 Å². The van der Waals surface area contributed by atoms with Gasteiger partial charge in [-0.15, -0.1) is 0 Å². The quantitative estimate of drug-likeness (QED) is 0.413. The molecule has 3 rings (SSSR count). The Morgan fingerprint density at radius 1 is 1.31 bits per heavy atom. The molecule has 0 unspecified atom stereocenters. The van der Waals surface area contributed by atoms with E-state index in [1.54, 1.807) is 19.9 Å². The summed E-state index contributed by atoms with van der Waals surface area (Å²) < 4.78 is 5.12. The number of nitrogens with zero attached hydrogens (tertiary/aromatic N) is 5. The van der Waals surface area contributed by atoms with E-state index in [-0.39, 0.29) is 18.3 Å². The Morgan fingerprint density at radius 3 is 2.69 bits per heavy atom. The van der Waals surface area contributed by atoms with E-state index in [4.69, 9.17) is 4.52 Å². The highest BCUT2D eigenvalue weighted by Crippen LogP contribution is 2.22. The van der Waals surface area contributed by atoms with Crippen molar-refractivity contribution in [3.05, 3.63) is 77.7 Å². The number of rotatable bonds is 8. The fraction of sp³-hybridized carbons (Fsp3) is 0.217. The Kier molecular flexibility index (Phi) is 7.01. The molecule has 0 saturated carbocycles. The molecular formula is C23H24N6O3. The van der Waals surface area contributed by atoms with Gasteiger partial charge in [-0.2, -0.15) is 4.98 Å². The lowest BCUT2D eigenvalue weighted by Gasteiger charge is -2.09. The fourth-order valence-electron chi connectivity index (χ4n) is 2.66. The molecular weight excluding hydrogens is 408 g/mol. The molecule has 0 aliphatic heterocycles. The minimum atomic E-state index is -1.22. The number of aliphatic imine (C=N–C) groups is 1.